The summed E-state index contributed by atoms with van der Waals surface area (Å²) in [6.45, 7) is 7.07. The molecular formula is C19H21ClN2O2. The van der Waals surface area contributed by atoms with Crippen LogP contribution in [0.1, 0.15) is 38.1 Å². The van der Waals surface area contributed by atoms with Crippen molar-refractivity contribution in [2.75, 3.05) is 0 Å². The summed E-state index contributed by atoms with van der Waals surface area (Å²) in [4.78, 5) is 25.0. The van der Waals surface area contributed by atoms with Gasteiger partial charge in [-0.05, 0) is 50.1 Å². The van der Waals surface area contributed by atoms with Crippen LogP contribution in [0, 0.1) is 17.2 Å². The maximum absolute atomic E-state index is 12.6. The molecule has 1 atom stereocenters. The zero-order chi connectivity index (χ0) is 18.3. The highest BCUT2D eigenvalue weighted by atomic mass is 35.5. The second-order valence-corrected chi connectivity index (χ2v) is 6.19. The molecule has 4 nitrogen and oxygen atoms in total. The topological polar surface area (TPSA) is 70.0 Å². The third kappa shape index (κ3) is 5.36. The fourth-order valence-electron chi connectivity index (χ4n) is 2.06. The molecule has 0 aliphatic carbocycles. The Morgan fingerprint density at radius 2 is 1.83 bits per heavy atom. The summed E-state index contributed by atoms with van der Waals surface area (Å²) in [7, 11) is 0. The van der Waals surface area contributed by atoms with E-state index in [2.05, 4.69) is 5.32 Å². The summed E-state index contributed by atoms with van der Waals surface area (Å²) >= 11 is 5.84. The van der Waals surface area contributed by atoms with E-state index in [1.165, 1.54) is 6.08 Å². The molecular weight excluding hydrogens is 324 g/mol. The molecule has 1 aromatic carbocycles. The number of hydrogen-bond acceptors (Lipinski definition) is 3. The van der Waals surface area contributed by atoms with E-state index < -0.39 is 6.04 Å². The van der Waals surface area contributed by atoms with E-state index in [4.69, 9.17) is 16.9 Å². The monoisotopic (exact) mass is 344 g/mol. The number of Topliss-reactive ketones (excluding diaryl/α,β-unsaturated/α-hetero) is 1. The van der Waals surface area contributed by atoms with E-state index >= 15 is 0 Å². The molecule has 1 aromatic rings. The Balaban J connectivity index is 2.98. The minimum atomic E-state index is -0.654. The first-order chi connectivity index (χ1) is 11.3. The van der Waals surface area contributed by atoms with Gasteiger partial charge in [0.05, 0.1) is 12.1 Å². The molecule has 0 aromatic heterocycles. The lowest BCUT2D eigenvalue weighted by Gasteiger charge is -2.21. The van der Waals surface area contributed by atoms with Gasteiger partial charge in [0, 0.05) is 21.7 Å². The molecule has 0 heterocycles. The van der Waals surface area contributed by atoms with Crippen LogP contribution < -0.4 is 5.32 Å². The van der Waals surface area contributed by atoms with Gasteiger partial charge in [0.15, 0.2) is 5.78 Å². The molecule has 0 aliphatic heterocycles. The second-order valence-electron chi connectivity index (χ2n) is 5.75. The maximum Gasteiger partial charge on any atom is 0.247 e. The number of allylic oxidation sites excluding steroid dienone is 3. The highest BCUT2D eigenvalue weighted by Gasteiger charge is 2.25. The number of nitriles is 1. The van der Waals surface area contributed by atoms with Gasteiger partial charge in [-0.2, -0.15) is 5.26 Å². The largest absolute Gasteiger partial charge is 0.342 e. The minimum absolute atomic E-state index is 0.0814. The molecule has 1 rings (SSSR count). The number of halogens is 1. The molecule has 0 saturated carbocycles. The Kier molecular flexibility index (Phi) is 7.41. The van der Waals surface area contributed by atoms with Crippen LogP contribution in [-0.4, -0.2) is 17.7 Å². The minimum Gasteiger partial charge on any atom is -0.342 e. The van der Waals surface area contributed by atoms with Crippen LogP contribution in [0.4, 0.5) is 0 Å². The van der Waals surface area contributed by atoms with Crippen LogP contribution in [0.2, 0.25) is 5.02 Å². The molecule has 126 valence electrons. The molecule has 1 unspecified atom stereocenters. The van der Waals surface area contributed by atoms with Gasteiger partial charge in [0.1, 0.15) is 0 Å². The van der Waals surface area contributed by atoms with Gasteiger partial charge < -0.3 is 5.32 Å². The predicted octanol–water partition coefficient (Wildman–Crippen LogP) is 4.08. The van der Waals surface area contributed by atoms with Crippen molar-refractivity contribution in [3.05, 3.63) is 58.1 Å². The second kappa shape index (κ2) is 9.05. The van der Waals surface area contributed by atoms with Crippen molar-refractivity contribution in [3.63, 3.8) is 0 Å². The number of amides is 1. The van der Waals surface area contributed by atoms with Crippen LogP contribution in [0.5, 0.6) is 0 Å². The van der Waals surface area contributed by atoms with Gasteiger partial charge in [-0.15, -0.1) is 0 Å². The molecule has 0 radical (unpaired) electrons. The number of carbonyl (C=O) groups excluding carboxylic acids is 2. The quantitative estimate of drug-likeness (QED) is 0.366. The van der Waals surface area contributed by atoms with Crippen LogP contribution in [0.15, 0.2) is 47.6 Å². The van der Waals surface area contributed by atoms with Crippen LogP contribution in [0.3, 0.4) is 0 Å². The molecule has 5 heteroatoms. The Morgan fingerprint density at radius 3 is 2.29 bits per heavy atom. The molecule has 0 fully saturated rings. The van der Waals surface area contributed by atoms with E-state index in [0.29, 0.717) is 21.7 Å². The lowest BCUT2D eigenvalue weighted by atomic mass is 9.94. The van der Waals surface area contributed by atoms with Crippen LogP contribution >= 0.6 is 11.6 Å². The molecule has 0 saturated heterocycles. The number of nitrogens with one attached hydrogen (secondary N) is 1. The van der Waals surface area contributed by atoms with E-state index in [-0.39, 0.29) is 17.6 Å². The van der Waals surface area contributed by atoms with E-state index in [1.54, 1.807) is 44.2 Å². The van der Waals surface area contributed by atoms with Crippen LogP contribution in [-0.2, 0) is 4.79 Å². The zero-order valence-electron chi connectivity index (χ0n) is 14.3. The van der Waals surface area contributed by atoms with Crippen molar-refractivity contribution in [2.45, 2.75) is 33.7 Å². The fourth-order valence-corrected chi connectivity index (χ4v) is 2.19. The van der Waals surface area contributed by atoms with Gasteiger partial charge in [-0.3, -0.25) is 9.59 Å². The average Bonchev–Trinajstić information content (AvgIpc) is 2.56. The van der Waals surface area contributed by atoms with E-state index in [9.17, 15) is 9.59 Å². The Hall–Kier alpha value is -2.38. The summed E-state index contributed by atoms with van der Waals surface area (Å²) in [5.41, 5.74) is 1.26. The van der Waals surface area contributed by atoms with Crippen molar-refractivity contribution in [1.29, 1.82) is 5.26 Å². The first-order valence-electron chi connectivity index (χ1n) is 7.65. The highest BCUT2D eigenvalue weighted by Crippen LogP contribution is 2.15. The van der Waals surface area contributed by atoms with Gasteiger partial charge in [0.25, 0.3) is 0 Å². The Bertz CT molecular complexity index is 710. The third-order valence-electron chi connectivity index (χ3n) is 3.53. The first-order valence-corrected chi connectivity index (χ1v) is 8.03. The van der Waals surface area contributed by atoms with Gasteiger partial charge in [-0.1, -0.05) is 31.5 Å². The summed E-state index contributed by atoms with van der Waals surface area (Å²) in [5.74, 6) is -0.623. The summed E-state index contributed by atoms with van der Waals surface area (Å²) in [6, 6.07) is 7.91. The number of carbonyl (C=O) groups is 2. The van der Waals surface area contributed by atoms with E-state index in [1.807, 2.05) is 19.9 Å². The van der Waals surface area contributed by atoms with Crippen molar-refractivity contribution < 1.29 is 9.59 Å². The van der Waals surface area contributed by atoms with Crippen molar-refractivity contribution >= 4 is 23.3 Å². The standard InChI is InChI=1S/C19H21ClN2O2/c1-5-14(11-21)10-13(4)19(24)22-17(12(2)3)18(23)15-6-8-16(20)9-7-15/h5-10,12,17H,1-4H3,(H,22,24)/b13-10+,14-5+. The number of benzene rings is 1. The number of ketones is 1. The number of hydrogen-bond donors (Lipinski definition) is 1. The molecule has 0 aliphatic rings. The van der Waals surface area contributed by atoms with Gasteiger partial charge >= 0.3 is 0 Å². The number of nitrogens with zero attached hydrogens (tertiary/aromatic N) is 1. The molecule has 1 N–H and O–H groups in total. The first kappa shape index (κ1) is 19.7. The summed E-state index contributed by atoms with van der Waals surface area (Å²) < 4.78 is 0. The number of rotatable bonds is 6. The molecule has 0 spiro atoms. The van der Waals surface area contributed by atoms with E-state index in [0.717, 1.165) is 0 Å². The fraction of sp³-hybridized carbons (Fsp3) is 0.316. The smallest absolute Gasteiger partial charge is 0.247 e. The van der Waals surface area contributed by atoms with Gasteiger partial charge in [0.2, 0.25) is 5.91 Å². The Labute approximate surface area is 147 Å². The van der Waals surface area contributed by atoms with Crippen molar-refractivity contribution in [2.24, 2.45) is 5.92 Å². The zero-order valence-corrected chi connectivity index (χ0v) is 15.0. The summed E-state index contributed by atoms with van der Waals surface area (Å²) in [5, 5.41) is 12.2. The van der Waals surface area contributed by atoms with Crippen LogP contribution in [0.25, 0.3) is 0 Å². The lowest BCUT2D eigenvalue weighted by Crippen LogP contribution is -2.44. The normalized spacial score (nSPS) is 13.4. The summed E-state index contributed by atoms with van der Waals surface area (Å²) in [6.07, 6.45) is 3.12. The Morgan fingerprint density at radius 1 is 1.25 bits per heavy atom. The molecule has 0 bridgehead atoms. The lowest BCUT2D eigenvalue weighted by molar-refractivity contribution is -0.118. The van der Waals surface area contributed by atoms with Crippen molar-refractivity contribution in [1.82, 2.24) is 5.32 Å². The highest BCUT2D eigenvalue weighted by molar-refractivity contribution is 6.30. The van der Waals surface area contributed by atoms with Gasteiger partial charge in [-0.25, -0.2) is 0 Å². The third-order valence-corrected chi connectivity index (χ3v) is 3.79. The predicted molar refractivity (Wildman–Crippen MR) is 95.7 cm³/mol. The SMILES string of the molecule is C/C=C(C#N)\C=C(/C)C(=O)NC(C(=O)c1ccc(Cl)cc1)C(C)C. The van der Waals surface area contributed by atoms with Crippen molar-refractivity contribution in [3.8, 4) is 6.07 Å². The average molecular weight is 345 g/mol. The molecule has 1 amide bonds. The molecule has 24 heavy (non-hydrogen) atoms. The maximum atomic E-state index is 12.6.